The summed E-state index contributed by atoms with van der Waals surface area (Å²) in [6.45, 7) is 6.31. The summed E-state index contributed by atoms with van der Waals surface area (Å²) in [5.41, 5.74) is 12.1. The summed E-state index contributed by atoms with van der Waals surface area (Å²) in [6.07, 6.45) is 0.924. The van der Waals surface area contributed by atoms with Gasteiger partial charge in [0.1, 0.15) is 0 Å². The highest BCUT2D eigenvalue weighted by molar-refractivity contribution is 5.64. The monoisotopic (exact) mass is 268 g/mol. The van der Waals surface area contributed by atoms with Crippen molar-refractivity contribution in [2.24, 2.45) is 5.73 Å². The van der Waals surface area contributed by atoms with E-state index in [1.165, 1.54) is 28.1 Å². The summed E-state index contributed by atoms with van der Waals surface area (Å²) in [6, 6.07) is 15.5. The SMILES string of the molecule is Cc1cc(C)cc(N(C)c2ccc(CC(C)N)cc2)c1. The molecule has 0 radical (unpaired) electrons. The average Bonchev–Trinajstić information content (AvgIpc) is 2.37. The smallest absolute Gasteiger partial charge is 0.0413 e. The second kappa shape index (κ2) is 6.10. The molecule has 0 aliphatic heterocycles. The number of rotatable bonds is 4. The topological polar surface area (TPSA) is 29.3 Å². The summed E-state index contributed by atoms with van der Waals surface area (Å²) >= 11 is 0. The van der Waals surface area contributed by atoms with Crippen molar-refractivity contribution in [2.45, 2.75) is 33.2 Å². The van der Waals surface area contributed by atoms with Crippen LogP contribution < -0.4 is 10.6 Å². The predicted molar refractivity (Wildman–Crippen MR) is 87.8 cm³/mol. The van der Waals surface area contributed by atoms with Crippen LogP contribution in [-0.4, -0.2) is 13.1 Å². The van der Waals surface area contributed by atoms with Crippen molar-refractivity contribution in [1.29, 1.82) is 0 Å². The van der Waals surface area contributed by atoms with Crippen LogP contribution in [0.15, 0.2) is 42.5 Å². The van der Waals surface area contributed by atoms with Crippen molar-refractivity contribution < 1.29 is 0 Å². The molecule has 0 saturated heterocycles. The molecule has 1 unspecified atom stereocenters. The average molecular weight is 268 g/mol. The van der Waals surface area contributed by atoms with Crippen LogP contribution in [0.4, 0.5) is 11.4 Å². The summed E-state index contributed by atoms with van der Waals surface area (Å²) in [4.78, 5) is 2.22. The van der Waals surface area contributed by atoms with Crippen LogP contribution in [0.1, 0.15) is 23.6 Å². The van der Waals surface area contributed by atoms with Gasteiger partial charge in [0.25, 0.3) is 0 Å². The van der Waals surface area contributed by atoms with E-state index in [1.807, 2.05) is 6.92 Å². The van der Waals surface area contributed by atoms with Crippen molar-refractivity contribution in [3.05, 3.63) is 59.2 Å². The Morgan fingerprint density at radius 1 is 0.950 bits per heavy atom. The maximum absolute atomic E-state index is 5.84. The number of nitrogens with two attached hydrogens (primary N) is 1. The standard InChI is InChI=1S/C18H24N2/c1-13-9-14(2)11-18(10-13)20(4)17-7-5-16(6-8-17)12-15(3)19/h5-11,15H,12,19H2,1-4H3. The second-order valence-electron chi connectivity index (χ2n) is 5.75. The van der Waals surface area contributed by atoms with E-state index >= 15 is 0 Å². The maximum Gasteiger partial charge on any atom is 0.0413 e. The van der Waals surface area contributed by atoms with Crippen molar-refractivity contribution in [2.75, 3.05) is 11.9 Å². The van der Waals surface area contributed by atoms with E-state index in [0.717, 1.165) is 6.42 Å². The van der Waals surface area contributed by atoms with Gasteiger partial charge in [-0.15, -0.1) is 0 Å². The molecule has 2 heteroatoms. The molecule has 20 heavy (non-hydrogen) atoms. The molecule has 2 N–H and O–H groups in total. The lowest BCUT2D eigenvalue weighted by Gasteiger charge is -2.21. The Morgan fingerprint density at radius 3 is 2.00 bits per heavy atom. The van der Waals surface area contributed by atoms with Gasteiger partial charge in [0.05, 0.1) is 0 Å². The molecule has 106 valence electrons. The normalized spacial score (nSPS) is 12.2. The molecule has 2 aromatic carbocycles. The molecule has 0 fully saturated rings. The van der Waals surface area contributed by atoms with Gasteiger partial charge < -0.3 is 10.6 Å². The van der Waals surface area contributed by atoms with E-state index in [4.69, 9.17) is 5.73 Å². The Balaban J connectivity index is 2.22. The van der Waals surface area contributed by atoms with Crippen LogP contribution in [0.3, 0.4) is 0 Å². The molecule has 0 aromatic heterocycles. The van der Waals surface area contributed by atoms with E-state index in [-0.39, 0.29) is 6.04 Å². The summed E-state index contributed by atoms with van der Waals surface area (Å²) in [5.74, 6) is 0. The van der Waals surface area contributed by atoms with Crippen LogP contribution >= 0.6 is 0 Å². The molecular weight excluding hydrogens is 244 g/mol. The molecule has 2 nitrogen and oxygen atoms in total. The number of hydrogen-bond donors (Lipinski definition) is 1. The molecular formula is C18H24N2. The van der Waals surface area contributed by atoms with E-state index in [0.29, 0.717) is 0 Å². The first-order valence-electron chi connectivity index (χ1n) is 7.12. The first-order valence-corrected chi connectivity index (χ1v) is 7.12. The molecule has 1 atom stereocenters. The first kappa shape index (κ1) is 14.6. The minimum atomic E-state index is 0.206. The van der Waals surface area contributed by atoms with Gasteiger partial charge >= 0.3 is 0 Å². The number of anilines is 2. The van der Waals surface area contributed by atoms with E-state index in [1.54, 1.807) is 0 Å². The van der Waals surface area contributed by atoms with Crippen molar-refractivity contribution in [3.8, 4) is 0 Å². The highest BCUT2D eigenvalue weighted by Gasteiger charge is 2.06. The fourth-order valence-corrected chi connectivity index (χ4v) is 2.52. The molecule has 0 saturated carbocycles. The van der Waals surface area contributed by atoms with Gasteiger partial charge in [-0.05, 0) is 68.1 Å². The fraction of sp³-hybridized carbons (Fsp3) is 0.333. The van der Waals surface area contributed by atoms with Gasteiger partial charge in [0.15, 0.2) is 0 Å². The Bertz CT molecular complexity index is 550. The fourth-order valence-electron chi connectivity index (χ4n) is 2.52. The van der Waals surface area contributed by atoms with Crippen molar-refractivity contribution in [1.82, 2.24) is 0 Å². The Morgan fingerprint density at radius 2 is 1.50 bits per heavy atom. The number of nitrogens with zero attached hydrogens (tertiary/aromatic N) is 1. The van der Waals surface area contributed by atoms with Gasteiger partial charge in [0.2, 0.25) is 0 Å². The third-order valence-electron chi connectivity index (χ3n) is 3.48. The Hall–Kier alpha value is -1.80. The lowest BCUT2D eigenvalue weighted by molar-refractivity contribution is 0.738. The van der Waals surface area contributed by atoms with Crippen LogP contribution in [0, 0.1) is 13.8 Å². The van der Waals surface area contributed by atoms with Gasteiger partial charge in [0, 0.05) is 24.5 Å². The number of aryl methyl sites for hydroxylation is 2. The minimum Gasteiger partial charge on any atom is -0.345 e. The van der Waals surface area contributed by atoms with Crippen LogP contribution in [-0.2, 0) is 6.42 Å². The quantitative estimate of drug-likeness (QED) is 0.909. The lowest BCUT2D eigenvalue weighted by atomic mass is 10.1. The van der Waals surface area contributed by atoms with Gasteiger partial charge in [-0.3, -0.25) is 0 Å². The van der Waals surface area contributed by atoms with Crippen molar-refractivity contribution in [3.63, 3.8) is 0 Å². The molecule has 0 bridgehead atoms. The van der Waals surface area contributed by atoms with Gasteiger partial charge in [-0.1, -0.05) is 18.2 Å². The zero-order valence-corrected chi connectivity index (χ0v) is 12.9. The Kier molecular flexibility index (Phi) is 4.46. The number of benzene rings is 2. The molecule has 2 rings (SSSR count). The Labute approximate surface area is 122 Å². The second-order valence-corrected chi connectivity index (χ2v) is 5.75. The van der Waals surface area contributed by atoms with Crippen LogP contribution in [0.2, 0.25) is 0 Å². The summed E-state index contributed by atoms with van der Waals surface area (Å²) in [7, 11) is 2.11. The molecule has 0 amide bonds. The zero-order valence-electron chi connectivity index (χ0n) is 12.9. The van der Waals surface area contributed by atoms with Gasteiger partial charge in [-0.25, -0.2) is 0 Å². The molecule has 0 aliphatic rings. The molecule has 2 aromatic rings. The highest BCUT2D eigenvalue weighted by atomic mass is 15.1. The van der Waals surface area contributed by atoms with Gasteiger partial charge in [-0.2, -0.15) is 0 Å². The van der Waals surface area contributed by atoms with Crippen LogP contribution in [0.5, 0.6) is 0 Å². The first-order chi connectivity index (χ1) is 9.45. The summed E-state index contributed by atoms with van der Waals surface area (Å²) < 4.78 is 0. The number of hydrogen-bond acceptors (Lipinski definition) is 2. The molecule has 0 heterocycles. The summed E-state index contributed by atoms with van der Waals surface area (Å²) in [5, 5.41) is 0. The third-order valence-corrected chi connectivity index (χ3v) is 3.48. The zero-order chi connectivity index (χ0) is 14.7. The third kappa shape index (κ3) is 3.61. The van der Waals surface area contributed by atoms with Crippen LogP contribution in [0.25, 0.3) is 0 Å². The largest absolute Gasteiger partial charge is 0.345 e. The minimum absolute atomic E-state index is 0.206. The van der Waals surface area contributed by atoms with E-state index < -0.39 is 0 Å². The lowest BCUT2D eigenvalue weighted by Crippen LogP contribution is -2.17. The molecule has 0 aliphatic carbocycles. The highest BCUT2D eigenvalue weighted by Crippen LogP contribution is 2.25. The van der Waals surface area contributed by atoms with E-state index in [9.17, 15) is 0 Å². The predicted octanol–water partition coefficient (Wildman–Crippen LogP) is 3.96. The van der Waals surface area contributed by atoms with E-state index in [2.05, 4.69) is 68.3 Å². The van der Waals surface area contributed by atoms with Crippen molar-refractivity contribution >= 4 is 11.4 Å². The molecule has 0 spiro atoms. The maximum atomic E-state index is 5.84.